The van der Waals surface area contributed by atoms with Gasteiger partial charge in [0.1, 0.15) is 11.8 Å². The minimum Gasteiger partial charge on any atom is -0.494 e. The molecule has 0 radical (unpaired) electrons. The van der Waals surface area contributed by atoms with E-state index in [9.17, 15) is 9.59 Å². The van der Waals surface area contributed by atoms with Crippen LogP contribution in [0.5, 0.6) is 5.75 Å². The van der Waals surface area contributed by atoms with Crippen molar-refractivity contribution in [2.45, 2.75) is 69.9 Å². The normalized spacial score (nSPS) is 28.4. The zero-order valence-corrected chi connectivity index (χ0v) is 25.1. The number of anilines is 2. The Balaban J connectivity index is 1.14. The Morgan fingerprint density at radius 2 is 1.63 bits per heavy atom. The van der Waals surface area contributed by atoms with Gasteiger partial charge in [-0.25, -0.2) is 0 Å². The summed E-state index contributed by atoms with van der Waals surface area (Å²) in [7, 11) is 0. The number of thiocarbonyl (C=S) groups is 1. The number of ether oxygens (including phenoxy) is 2. The van der Waals surface area contributed by atoms with E-state index in [0.29, 0.717) is 41.3 Å². The molecule has 1 atom stereocenters. The molecule has 2 amide bonds. The fourth-order valence-electron chi connectivity index (χ4n) is 7.73. The molecule has 1 unspecified atom stereocenters. The van der Waals surface area contributed by atoms with Crippen LogP contribution in [-0.4, -0.2) is 53.2 Å². The van der Waals surface area contributed by atoms with Crippen molar-refractivity contribution in [3.8, 4) is 5.75 Å². The second kappa shape index (κ2) is 11.9. The Morgan fingerprint density at radius 3 is 2.24 bits per heavy atom. The maximum atomic E-state index is 13.8. The first-order valence-electron chi connectivity index (χ1n) is 14.9. The van der Waals surface area contributed by atoms with Crippen molar-refractivity contribution >= 4 is 52.1 Å². The summed E-state index contributed by atoms with van der Waals surface area (Å²) >= 11 is 11.9. The van der Waals surface area contributed by atoms with Crippen molar-refractivity contribution in [2.24, 2.45) is 17.8 Å². The molecule has 5 aliphatic rings. The van der Waals surface area contributed by atoms with E-state index in [-0.39, 0.29) is 23.8 Å². The van der Waals surface area contributed by atoms with Crippen molar-refractivity contribution in [3.63, 3.8) is 0 Å². The summed E-state index contributed by atoms with van der Waals surface area (Å²) in [5, 5.41) is 3.90. The van der Waals surface area contributed by atoms with Gasteiger partial charge in [0, 0.05) is 17.3 Å². The van der Waals surface area contributed by atoms with Crippen molar-refractivity contribution in [2.75, 3.05) is 30.0 Å². The maximum Gasteiger partial charge on any atom is 0.256 e. The number of benzene rings is 2. The van der Waals surface area contributed by atoms with E-state index >= 15 is 0 Å². The monoisotopic (exact) mass is 595 g/mol. The lowest BCUT2D eigenvalue weighted by molar-refractivity contribution is -0.163. The van der Waals surface area contributed by atoms with Crippen LogP contribution < -0.4 is 15.0 Å². The lowest BCUT2D eigenvalue weighted by Crippen LogP contribution is -2.52. The highest BCUT2D eigenvalue weighted by Gasteiger charge is 2.52. The fourth-order valence-corrected chi connectivity index (χ4v) is 8.27. The maximum absolute atomic E-state index is 13.8. The molecule has 4 bridgehead atoms. The number of hydrogen-bond acceptors (Lipinski definition) is 5. The predicted molar refractivity (Wildman–Crippen MR) is 164 cm³/mol. The molecule has 1 aliphatic heterocycles. The molecule has 4 aliphatic carbocycles. The second-order valence-electron chi connectivity index (χ2n) is 12.2. The molecule has 2 aromatic carbocycles. The van der Waals surface area contributed by atoms with E-state index < -0.39 is 6.04 Å². The minimum atomic E-state index is -0.717. The largest absolute Gasteiger partial charge is 0.494 e. The van der Waals surface area contributed by atoms with Gasteiger partial charge in [0.25, 0.3) is 5.91 Å². The van der Waals surface area contributed by atoms with E-state index in [1.807, 2.05) is 17.0 Å². The fraction of sp³-hybridized carbons (Fsp3) is 0.531. The molecule has 4 saturated carbocycles. The number of halogens is 1. The van der Waals surface area contributed by atoms with Gasteiger partial charge in [-0.2, -0.15) is 0 Å². The van der Waals surface area contributed by atoms with Crippen molar-refractivity contribution in [1.82, 2.24) is 4.90 Å². The van der Waals surface area contributed by atoms with Crippen LogP contribution in [0.4, 0.5) is 11.4 Å². The second-order valence-corrected chi connectivity index (χ2v) is 13.0. The zero-order chi connectivity index (χ0) is 28.6. The standard InChI is InChI=1S/C32H38ClN3O4S/c1-2-12-39-27-9-5-25(6-10-27)34-29(37)17-28-30(38)36(26-7-3-24(33)4-8-26)31(41)35(28)11-13-40-32-18-21-14-22(19-32)16-23(15-21)20-32/h3-10,21-23,28H,2,11-20H2,1H3,(H,34,37). The van der Waals surface area contributed by atoms with Gasteiger partial charge in [0.2, 0.25) is 5.91 Å². The molecule has 9 heteroatoms. The summed E-state index contributed by atoms with van der Waals surface area (Å²) in [5.74, 6) is 2.66. The van der Waals surface area contributed by atoms with E-state index in [1.165, 1.54) is 24.2 Å². The SMILES string of the molecule is CCCOc1ccc(NC(=O)CC2C(=O)N(c3ccc(Cl)cc3)C(=S)N2CCOC23CC4CC(CC(C4)C2)C3)cc1. The number of carbonyl (C=O) groups excluding carboxylic acids is 2. The van der Waals surface area contributed by atoms with Crippen LogP contribution in [0.25, 0.3) is 0 Å². The molecular formula is C32H38ClN3O4S. The Morgan fingerprint density at radius 1 is 1.00 bits per heavy atom. The molecule has 0 aromatic heterocycles. The van der Waals surface area contributed by atoms with Gasteiger partial charge in [-0.15, -0.1) is 0 Å². The molecule has 7 nitrogen and oxygen atoms in total. The highest BCUT2D eigenvalue weighted by atomic mass is 35.5. The van der Waals surface area contributed by atoms with E-state index in [2.05, 4.69) is 12.2 Å². The van der Waals surface area contributed by atoms with Crippen LogP contribution in [0, 0.1) is 17.8 Å². The summed E-state index contributed by atoms with van der Waals surface area (Å²) in [5.41, 5.74) is 1.26. The van der Waals surface area contributed by atoms with Crippen molar-refractivity contribution in [1.29, 1.82) is 0 Å². The highest BCUT2D eigenvalue weighted by molar-refractivity contribution is 7.80. The molecule has 0 spiro atoms. The lowest BCUT2D eigenvalue weighted by atomic mass is 9.54. The zero-order valence-electron chi connectivity index (χ0n) is 23.5. The number of nitrogens with zero attached hydrogens (tertiary/aromatic N) is 2. The Kier molecular flexibility index (Phi) is 8.25. The molecule has 218 valence electrons. The summed E-state index contributed by atoms with van der Waals surface area (Å²) in [6, 6.07) is 13.6. The highest BCUT2D eigenvalue weighted by Crippen LogP contribution is 2.57. The average Bonchev–Trinajstić information content (AvgIpc) is 3.16. The molecule has 5 fully saturated rings. The van der Waals surface area contributed by atoms with Gasteiger partial charge in [0.15, 0.2) is 5.11 Å². The third-order valence-electron chi connectivity index (χ3n) is 9.12. The number of amides is 2. The first kappa shape index (κ1) is 28.4. The lowest BCUT2D eigenvalue weighted by Gasteiger charge is -2.56. The minimum absolute atomic E-state index is 0.0193. The van der Waals surface area contributed by atoms with Crippen molar-refractivity contribution < 1.29 is 19.1 Å². The first-order valence-corrected chi connectivity index (χ1v) is 15.7. The summed E-state index contributed by atoms with van der Waals surface area (Å²) in [6.07, 6.45) is 8.41. The quantitative estimate of drug-likeness (QED) is 0.301. The Labute approximate surface area is 252 Å². The Bertz CT molecular complexity index is 1250. The van der Waals surface area contributed by atoms with Crippen LogP contribution in [0.3, 0.4) is 0 Å². The number of rotatable bonds is 11. The van der Waals surface area contributed by atoms with E-state index in [1.54, 1.807) is 36.4 Å². The molecule has 7 rings (SSSR count). The number of nitrogens with one attached hydrogen (secondary N) is 1. The molecule has 1 saturated heterocycles. The first-order chi connectivity index (χ1) is 19.8. The van der Waals surface area contributed by atoms with Crippen LogP contribution in [0.1, 0.15) is 58.3 Å². The van der Waals surface area contributed by atoms with Gasteiger partial charge in [0.05, 0.1) is 30.9 Å². The van der Waals surface area contributed by atoms with E-state index in [0.717, 1.165) is 49.2 Å². The number of carbonyl (C=O) groups is 2. The molecular weight excluding hydrogens is 558 g/mol. The van der Waals surface area contributed by atoms with Gasteiger partial charge in [-0.1, -0.05) is 18.5 Å². The van der Waals surface area contributed by atoms with E-state index in [4.69, 9.17) is 33.3 Å². The summed E-state index contributed by atoms with van der Waals surface area (Å²) in [6.45, 7) is 3.63. The third-order valence-corrected chi connectivity index (χ3v) is 9.78. The Hall–Kier alpha value is -2.68. The smallest absolute Gasteiger partial charge is 0.256 e. The number of hydrogen-bond donors (Lipinski definition) is 1. The predicted octanol–water partition coefficient (Wildman–Crippen LogP) is 6.45. The molecule has 2 aromatic rings. The van der Waals surface area contributed by atoms with Crippen LogP contribution in [-0.2, 0) is 14.3 Å². The van der Waals surface area contributed by atoms with Gasteiger partial charge in [-0.3, -0.25) is 14.5 Å². The summed E-state index contributed by atoms with van der Waals surface area (Å²) < 4.78 is 12.3. The third kappa shape index (κ3) is 6.11. The summed E-state index contributed by atoms with van der Waals surface area (Å²) in [4.78, 5) is 30.3. The van der Waals surface area contributed by atoms with Crippen LogP contribution >= 0.6 is 23.8 Å². The molecule has 1 heterocycles. The average molecular weight is 596 g/mol. The topological polar surface area (TPSA) is 71.1 Å². The van der Waals surface area contributed by atoms with Gasteiger partial charge in [-0.05, 0) is 123 Å². The van der Waals surface area contributed by atoms with Crippen molar-refractivity contribution in [3.05, 3.63) is 53.6 Å². The van der Waals surface area contributed by atoms with Gasteiger partial charge < -0.3 is 19.7 Å². The molecule has 1 N–H and O–H groups in total. The van der Waals surface area contributed by atoms with Crippen LogP contribution in [0.15, 0.2) is 48.5 Å². The molecule has 41 heavy (non-hydrogen) atoms. The van der Waals surface area contributed by atoms with Crippen LogP contribution in [0.2, 0.25) is 5.02 Å². The van der Waals surface area contributed by atoms with Gasteiger partial charge >= 0.3 is 0 Å².